The minimum atomic E-state index is -0.743. The molecular formula is C24H21ClF2N2O4. The summed E-state index contributed by atoms with van der Waals surface area (Å²) in [7, 11) is 0. The third-order valence-corrected chi connectivity index (χ3v) is 6.01. The Balaban J connectivity index is 1.52. The molecule has 0 saturated heterocycles. The number of benzene rings is 2. The third-order valence-electron chi connectivity index (χ3n) is 5.66. The number of fused-ring (bicyclic) bond motifs is 1. The molecule has 9 heteroatoms. The average Bonchev–Trinajstić information content (AvgIpc) is 2.81. The predicted molar refractivity (Wildman–Crippen MR) is 118 cm³/mol. The summed E-state index contributed by atoms with van der Waals surface area (Å²) in [5.74, 6) is -1.64. The second-order valence-electron chi connectivity index (χ2n) is 7.73. The van der Waals surface area contributed by atoms with Crippen LogP contribution in [0.15, 0.2) is 53.5 Å². The number of carbonyl (C=O) groups excluding carboxylic acids is 1. The first-order valence-electron chi connectivity index (χ1n) is 10.3. The van der Waals surface area contributed by atoms with E-state index in [9.17, 15) is 18.4 Å². The van der Waals surface area contributed by atoms with E-state index in [2.05, 4.69) is 0 Å². The minimum Gasteiger partial charge on any atom is -0.487 e. The maximum Gasteiger partial charge on any atom is 0.273 e. The number of amides is 1. The molecule has 1 aliphatic rings. The van der Waals surface area contributed by atoms with Gasteiger partial charge in [0.15, 0.2) is 0 Å². The zero-order chi connectivity index (χ0) is 23.5. The molecule has 2 heterocycles. The SMILES string of the molecule is O=C(CO)N1CCc2c(cccc2Cn2ccc(OCc3ccc(F)cc3F)c(Cl)c2=O)C1. The van der Waals surface area contributed by atoms with Crippen molar-refractivity contribution in [2.24, 2.45) is 0 Å². The largest absolute Gasteiger partial charge is 0.487 e. The summed E-state index contributed by atoms with van der Waals surface area (Å²) in [6.45, 7) is 0.453. The molecular weight excluding hydrogens is 454 g/mol. The van der Waals surface area contributed by atoms with Crippen LogP contribution < -0.4 is 10.3 Å². The fourth-order valence-electron chi connectivity index (χ4n) is 3.89. The number of pyridine rings is 1. The van der Waals surface area contributed by atoms with E-state index < -0.39 is 23.8 Å². The van der Waals surface area contributed by atoms with Crippen LogP contribution in [-0.2, 0) is 30.9 Å². The van der Waals surface area contributed by atoms with Crippen LogP contribution in [0.3, 0.4) is 0 Å². The molecule has 2 aromatic carbocycles. The van der Waals surface area contributed by atoms with E-state index in [1.165, 1.54) is 16.7 Å². The number of halogens is 3. The first kappa shape index (κ1) is 22.9. The molecule has 4 rings (SSSR count). The third kappa shape index (κ3) is 4.91. The molecule has 33 heavy (non-hydrogen) atoms. The Labute approximate surface area is 193 Å². The topological polar surface area (TPSA) is 71.8 Å². The summed E-state index contributed by atoms with van der Waals surface area (Å²) in [5, 5.41) is 8.97. The van der Waals surface area contributed by atoms with Crippen LogP contribution in [0.4, 0.5) is 8.78 Å². The number of nitrogens with zero attached hydrogens (tertiary/aromatic N) is 2. The van der Waals surface area contributed by atoms with Crippen molar-refractivity contribution in [3.8, 4) is 5.75 Å². The number of aliphatic hydroxyl groups is 1. The van der Waals surface area contributed by atoms with Gasteiger partial charge in [0.1, 0.15) is 35.6 Å². The minimum absolute atomic E-state index is 0.106. The smallest absolute Gasteiger partial charge is 0.273 e. The van der Waals surface area contributed by atoms with Gasteiger partial charge in [0.05, 0.1) is 6.54 Å². The fraction of sp³-hybridized carbons (Fsp3) is 0.250. The second-order valence-corrected chi connectivity index (χ2v) is 8.11. The lowest BCUT2D eigenvalue weighted by Gasteiger charge is -2.30. The van der Waals surface area contributed by atoms with Crippen LogP contribution in [0, 0.1) is 11.6 Å². The molecule has 6 nitrogen and oxygen atoms in total. The lowest BCUT2D eigenvalue weighted by atomic mass is 9.94. The molecule has 0 radical (unpaired) electrons. The number of carbonyl (C=O) groups is 1. The van der Waals surface area contributed by atoms with Gasteiger partial charge in [-0.05, 0) is 41.3 Å². The van der Waals surface area contributed by atoms with E-state index in [1.807, 2.05) is 18.2 Å². The van der Waals surface area contributed by atoms with Crippen molar-refractivity contribution in [2.45, 2.75) is 26.1 Å². The zero-order valence-corrected chi connectivity index (χ0v) is 18.3. The van der Waals surface area contributed by atoms with Gasteiger partial charge in [0, 0.05) is 30.9 Å². The number of ether oxygens (including phenoxy) is 1. The molecule has 0 atom stereocenters. The molecule has 0 bridgehead atoms. The van der Waals surface area contributed by atoms with E-state index >= 15 is 0 Å². The van der Waals surface area contributed by atoms with Crippen LogP contribution >= 0.6 is 11.6 Å². The molecule has 1 amide bonds. The molecule has 1 N–H and O–H groups in total. The standard InChI is InChI=1S/C24H21ClF2N2O4/c25-23-21(33-14-17-4-5-18(26)10-20(17)27)7-9-29(24(23)32)12-16-3-1-2-15-11-28(22(31)13-30)8-6-19(15)16/h1-5,7,9-10,30H,6,8,11-14H2. The lowest BCUT2D eigenvalue weighted by molar-refractivity contribution is -0.135. The molecule has 0 spiro atoms. The highest BCUT2D eigenvalue weighted by Crippen LogP contribution is 2.25. The highest BCUT2D eigenvalue weighted by atomic mass is 35.5. The van der Waals surface area contributed by atoms with E-state index in [1.54, 1.807) is 11.1 Å². The summed E-state index contributed by atoms with van der Waals surface area (Å²) in [4.78, 5) is 26.2. The Bertz CT molecular complexity index is 1260. The first-order chi connectivity index (χ1) is 15.9. The van der Waals surface area contributed by atoms with Crippen molar-refractivity contribution in [3.63, 3.8) is 0 Å². The van der Waals surface area contributed by atoms with E-state index in [0.717, 1.165) is 28.8 Å². The van der Waals surface area contributed by atoms with Crippen molar-refractivity contribution < 1.29 is 23.4 Å². The normalized spacial score (nSPS) is 13.0. The van der Waals surface area contributed by atoms with Gasteiger partial charge >= 0.3 is 0 Å². The van der Waals surface area contributed by atoms with Gasteiger partial charge in [0.25, 0.3) is 5.56 Å². The summed E-state index contributed by atoms with van der Waals surface area (Å²) in [6.07, 6.45) is 2.17. The number of hydrogen-bond donors (Lipinski definition) is 1. The summed E-state index contributed by atoms with van der Waals surface area (Å²) < 4.78 is 33.8. The summed E-state index contributed by atoms with van der Waals surface area (Å²) >= 11 is 6.23. The van der Waals surface area contributed by atoms with Gasteiger partial charge < -0.3 is 19.3 Å². The monoisotopic (exact) mass is 474 g/mol. The Morgan fingerprint density at radius 2 is 1.97 bits per heavy atom. The van der Waals surface area contributed by atoms with Crippen LogP contribution in [-0.4, -0.2) is 33.6 Å². The molecule has 172 valence electrons. The van der Waals surface area contributed by atoms with Gasteiger partial charge in [0.2, 0.25) is 5.91 Å². The molecule has 0 saturated carbocycles. The molecule has 0 unspecified atom stereocenters. The van der Waals surface area contributed by atoms with Gasteiger partial charge in [-0.15, -0.1) is 0 Å². The summed E-state index contributed by atoms with van der Waals surface area (Å²) in [5.41, 5.74) is 2.65. The van der Waals surface area contributed by atoms with Crippen molar-refractivity contribution in [3.05, 3.63) is 97.9 Å². The molecule has 3 aromatic rings. The van der Waals surface area contributed by atoms with Crippen molar-refractivity contribution in [1.82, 2.24) is 9.47 Å². The Hall–Kier alpha value is -3.23. The van der Waals surface area contributed by atoms with Gasteiger partial charge in [-0.2, -0.15) is 0 Å². The Kier molecular flexibility index (Phi) is 6.76. The van der Waals surface area contributed by atoms with Crippen molar-refractivity contribution in [1.29, 1.82) is 0 Å². The second kappa shape index (κ2) is 9.72. The molecule has 0 fully saturated rings. The predicted octanol–water partition coefficient (Wildman–Crippen LogP) is 3.28. The maximum absolute atomic E-state index is 13.8. The molecule has 1 aliphatic heterocycles. The van der Waals surface area contributed by atoms with Crippen LogP contribution in [0.1, 0.15) is 22.3 Å². The van der Waals surface area contributed by atoms with Gasteiger partial charge in [-0.1, -0.05) is 29.8 Å². The van der Waals surface area contributed by atoms with Crippen molar-refractivity contribution in [2.75, 3.05) is 13.2 Å². The maximum atomic E-state index is 13.8. The number of aromatic nitrogens is 1. The van der Waals surface area contributed by atoms with Crippen LogP contribution in [0.5, 0.6) is 5.75 Å². The first-order valence-corrected chi connectivity index (χ1v) is 10.7. The average molecular weight is 475 g/mol. The van der Waals surface area contributed by atoms with Crippen molar-refractivity contribution >= 4 is 17.5 Å². The number of hydrogen-bond acceptors (Lipinski definition) is 4. The van der Waals surface area contributed by atoms with Gasteiger partial charge in [-0.25, -0.2) is 8.78 Å². The summed E-state index contributed by atoms with van der Waals surface area (Å²) in [6, 6.07) is 10.4. The lowest BCUT2D eigenvalue weighted by Crippen LogP contribution is -2.38. The zero-order valence-electron chi connectivity index (χ0n) is 17.6. The van der Waals surface area contributed by atoms with Crippen LogP contribution in [0.25, 0.3) is 0 Å². The van der Waals surface area contributed by atoms with Crippen LogP contribution in [0.2, 0.25) is 5.02 Å². The number of rotatable bonds is 6. The Morgan fingerprint density at radius 3 is 2.73 bits per heavy atom. The number of aliphatic hydroxyl groups excluding tert-OH is 1. The van der Waals surface area contributed by atoms with E-state index in [4.69, 9.17) is 21.4 Å². The Morgan fingerprint density at radius 1 is 1.15 bits per heavy atom. The van der Waals surface area contributed by atoms with E-state index in [-0.39, 0.29) is 35.4 Å². The quantitative estimate of drug-likeness (QED) is 0.595. The molecule has 0 aliphatic carbocycles. The molecule has 1 aromatic heterocycles. The highest BCUT2D eigenvalue weighted by Gasteiger charge is 2.22. The van der Waals surface area contributed by atoms with E-state index in [0.29, 0.717) is 19.5 Å². The fourth-order valence-corrected chi connectivity index (χ4v) is 4.12. The van der Waals surface area contributed by atoms with Gasteiger partial charge in [-0.3, -0.25) is 9.59 Å². The highest BCUT2D eigenvalue weighted by molar-refractivity contribution is 6.31.